The number of phenolic OH excluding ortho intramolecular Hbond substituents is 4. The zero-order chi connectivity index (χ0) is 45.0. The highest BCUT2D eigenvalue weighted by atomic mass is 16.7. The largest absolute Gasteiger partial charge is 0.508 e. The number of aliphatic hydroxyl groups excluding tert-OH is 6. The minimum atomic E-state index is -1.97. The van der Waals surface area contributed by atoms with E-state index in [1.54, 1.807) is 0 Å². The first-order chi connectivity index (χ1) is 29.4. The van der Waals surface area contributed by atoms with Gasteiger partial charge < -0.3 is 94.1 Å². The molecule has 22 nitrogen and oxygen atoms in total. The molecule has 3 aromatic rings. The molecule has 0 saturated carbocycles. The number of ether oxygens (including phenoxy) is 8. The molecular weight excluding hydrogens is 832 g/mol. The lowest BCUT2D eigenvalue weighted by atomic mass is 9.98. The minimum Gasteiger partial charge on any atom is -0.508 e. The average molecular weight is 875 g/mol. The van der Waals surface area contributed by atoms with Crippen LogP contribution in [0.3, 0.4) is 0 Å². The number of aliphatic carboxylic acids is 1. The molecular formula is C40H42O22. The van der Waals surface area contributed by atoms with Gasteiger partial charge in [0, 0.05) is 23.8 Å². The Balaban J connectivity index is 1.26. The van der Waals surface area contributed by atoms with Crippen molar-refractivity contribution in [2.45, 2.75) is 73.9 Å². The molecule has 334 valence electrons. The van der Waals surface area contributed by atoms with E-state index in [1.807, 2.05) is 0 Å². The number of phenols is 4. The van der Waals surface area contributed by atoms with Gasteiger partial charge in [-0.15, -0.1) is 0 Å². The second-order valence-corrected chi connectivity index (χ2v) is 14.1. The number of fused-ring (bicyclic) bond motifs is 1. The van der Waals surface area contributed by atoms with Crippen molar-refractivity contribution >= 4 is 30.1 Å². The number of carbonyl (C=O) groups excluding carboxylic acids is 2. The molecule has 0 amide bonds. The number of rotatable bonds is 14. The van der Waals surface area contributed by atoms with Gasteiger partial charge in [0.25, 0.3) is 0 Å². The lowest BCUT2D eigenvalue weighted by Crippen LogP contribution is -2.60. The maximum absolute atomic E-state index is 12.6. The fraction of sp³-hybridized carbons (Fsp3) is 0.375. The predicted molar refractivity (Wildman–Crippen MR) is 202 cm³/mol. The zero-order valence-electron chi connectivity index (χ0n) is 32.2. The summed E-state index contributed by atoms with van der Waals surface area (Å²) < 4.78 is 44.5. The van der Waals surface area contributed by atoms with E-state index in [2.05, 4.69) is 0 Å². The van der Waals surface area contributed by atoms with Crippen LogP contribution in [0.15, 0.2) is 60.4 Å². The van der Waals surface area contributed by atoms with Gasteiger partial charge in [0.2, 0.25) is 12.6 Å². The molecule has 0 aromatic heterocycles. The summed E-state index contributed by atoms with van der Waals surface area (Å²) in [5, 5.41) is 114. The summed E-state index contributed by atoms with van der Waals surface area (Å²) in [6.45, 7) is -1.43. The van der Waals surface area contributed by atoms with Crippen molar-refractivity contribution in [3.63, 3.8) is 0 Å². The van der Waals surface area contributed by atoms with Gasteiger partial charge in [-0.05, 0) is 42.0 Å². The van der Waals surface area contributed by atoms with Crippen molar-refractivity contribution in [2.24, 2.45) is 0 Å². The third-order valence-electron chi connectivity index (χ3n) is 9.72. The van der Waals surface area contributed by atoms with Crippen LogP contribution in [-0.2, 0) is 38.1 Å². The Kier molecular flexibility index (Phi) is 13.9. The van der Waals surface area contributed by atoms with Gasteiger partial charge in [-0.1, -0.05) is 12.1 Å². The predicted octanol–water partition coefficient (Wildman–Crippen LogP) is -0.723. The first-order valence-electron chi connectivity index (χ1n) is 18.5. The van der Waals surface area contributed by atoms with E-state index in [9.17, 15) is 65.4 Å². The van der Waals surface area contributed by atoms with Crippen LogP contribution in [0.2, 0.25) is 0 Å². The molecule has 6 rings (SSSR count). The van der Waals surface area contributed by atoms with Crippen molar-refractivity contribution in [1.82, 2.24) is 0 Å². The summed E-state index contributed by atoms with van der Waals surface area (Å²) in [5.41, 5.74) is 0.510. The average Bonchev–Trinajstić information content (AvgIpc) is 3.23. The van der Waals surface area contributed by atoms with E-state index in [-0.39, 0.29) is 39.9 Å². The van der Waals surface area contributed by atoms with E-state index in [1.165, 1.54) is 43.5 Å². The minimum absolute atomic E-state index is 0.0627. The lowest BCUT2D eigenvalue weighted by Gasteiger charge is -2.41. The summed E-state index contributed by atoms with van der Waals surface area (Å²) in [5.74, 6) is -5.88. The quantitative estimate of drug-likeness (QED) is 0.0412. The van der Waals surface area contributed by atoms with Gasteiger partial charge in [0.05, 0.1) is 12.7 Å². The molecule has 0 spiro atoms. The van der Waals surface area contributed by atoms with Crippen molar-refractivity contribution in [2.75, 3.05) is 20.3 Å². The van der Waals surface area contributed by atoms with Gasteiger partial charge in [-0.3, -0.25) is 9.59 Å². The Labute approximate surface area is 349 Å². The summed E-state index contributed by atoms with van der Waals surface area (Å²) >= 11 is 0. The fourth-order valence-electron chi connectivity index (χ4n) is 6.45. The highest BCUT2D eigenvalue weighted by Crippen LogP contribution is 2.46. The molecule has 2 saturated heterocycles. The van der Waals surface area contributed by atoms with Gasteiger partial charge in [0.1, 0.15) is 91.5 Å². The SMILES string of the molecule is COc1cc(C=CC(=O)OCC2OC(OC3=Cc4c(cc(O)cc4OC4OC(COC(=O)CC(=O)O)C(O)C(O)C4O)OC3c3ccc(O)c(O)c3)C(O)C(O)C2O)ccc1O. The van der Waals surface area contributed by atoms with E-state index in [0.29, 0.717) is 5.56 Å². The maximum atomic E-state index is 12.6. The highest BCUT2D eigenvalue weighted by Gasteiger charge is 2.48. The second kappa shape index (κ2) is 19.1. The molecule has 3 aliphatic heterocycles. The number of benzene rings is 3. The van der Waals surface area contributed by atoms with Crippen LogP contribution in [0, 0.1) is 0 Å². The Hall–Kier alpha value is -6.37. The smallest absolute Gasteiger partial charge is 0.330 e. The van der Waals surface area contributed by atoms with Gasteiger partial charge in [-0.2, -0.15) is 0 Å². The van der Waals surface area contributed by atoms with Crippen LogP contribution < -0.4 is 14.2 Å². The highest BCUT2D eigenvalue weighted by molar-refractivity contribution is 5.90. The Morgan fingerprint density at radius 1 is 0.694 bits per heavy atom. The monoisotopic (exact) mass is 874 g/mol. The zero-order valence-corrected chi connectivity index (χ0v) is 32.2. The van der Waals surface area contributed by atoms with E-state index in [4.69, 9.17) is 43.0 Å². The number of hydrogen-bond donors (Lipinski definition) is 11. The first kappa shape index (κ1) is 45.2. The van der Waals surface area contributed by atoms with Crippen LogP contribution in [0.25, 0.3) is 12.2 Å². The number of esters is 2. The summed E-state index contributed by atoms with van der Waals surface area (Å²) in [6.07, 6.45) is -17.0. The molecule has 2 fully saturated rings. The lowest BCUT2D eigenvalue weighted by molar-refractivity contribution is -0.294. The number of carbonyl (C=O) groups is 3. The van der Waals surface area contributed by atoms with Crippen LogP contribution in [0.4, 0.5) is 0 Å². The molecule has 11 atom stereocenters. The summed E-state index contributed by atoms with van der Waals surface area (Å²) in [4.78, 5) is 35.3. The molecule has 3 aromatic carbocycles. The molecule has 22 heteroatoms. The third-order valence-corrected chi connectivity index (χ3v) is 9.72. The standard InChI is InChI=1S/C40H42O22/c1-55-25-8-16(2-5-21(25)43)3-7-30(47)56-14-27-32(49)35(52)37(54)40(62-27)60-26-12-19-23(58-38(26)17-4-6-20(42)22(44)9-17)10-18(41)11-24(19)59-39-36(53)34(51)33(50)28(61-39)15-57-31(48)13-29(45)46/h2-12,27-28,32-44,49-54H,13-15H2,1H3,(H,45,46). The Morgan fingerprint density at radius 3 is 1.95 bits per heavy atom. The summed E-state index contributed by atoms with van der Waals surface area (Å²) in [7, 11) is 1.34. The number of aliphatic hydroxyl groups is 6. The normalized spacial score (nSPS) is 28.2. The van der Waals surface area contributed by atoms with E-state index < -0.39 is 122 Å². The number of carboxylic acid groups (broad SMARTS) is 1. The van der Waals surface area contributed by atoms with Crippen molar-refractivity contribution in [1.29, 1.82) is 0 Å². The van der Waals surface area contributed by atoms with Gasteiger partial charge in [-0.25, -0.2) is 4.79 Å². The van der Waals surface area contributed by atoms with Crippen LogP contribution in [0.5, 0.6) is 40.2 Å². The van der Waals surface area contributed by atoms with Crippen molar-refractivity contribution in [3.8, 4) is 40.2 Å². The van der Waals surface area contributed by atoms with Crippen molar-refractivity contribution < 1.29 is 108 Å². The van der Waals surface area contributed by atoms with Crippen LogP contribution in [0.1, 0.15) is 29.2 Å². The van der Waals surface area contributed by atoms with Gasteiger partial charge >= 0.3 is 17.9 Å². The third kappa shape index (κ3) is 10.2. The van der Waals surface area contributed by atoms with Crippen molar-refractivity contribution in [3.05, 3.63) is 77.1 Å². The molecule has 3 heterocycles. The maximum Gasteiger partial charge on any atom is 0.330 e. The molecule has 62 heavy (non-hydrogen) atoms. The van der Waals surface area contributed by atoms with E-state index in [0.717, 1.165) is 30.3 Å². The molecule has 0 radical (unpaired) electrons. The number of carboxylic acids is 1. The van der Waals surface area contributed by atoms with Gasteiger partial charge in [0.15, 0.2) is 29.1 Å². The Bertz CT molecular complexity index is 2190. The Morgan fingerprint density at radius 2 is 1.32 bits per heavy atom. The first-order valence-corrected chi connectivity index (χ1v) is 18.5. The fourth-order valence-corrected chi connectivity index (χ4v) is 6.45. The molecule has 0 bridgehead atoms. The molecule has 0 aliphatic carbocycles. The van der Waals surface area contributed by atoms with Crippen LogP contribution in [-0.4, -0.2) is 156 Å². The topological polar surface area (TPSA) is 348 Å². The molecule has 11 N–H and O–H groups in total. The molecule has 11 unspecified atom stereocenters. The number of hydrogen-bond acceptors (Lipinski definition) is 21. The molecule has 3 aliphatic rings. The number of aromatic hydroxyl groups is 4. The summed E-state index contributed by atoms with van der Waals surface area (Å²) in [6, 6.07) is 10.0. The van der Waals surface area contributed by atoms with E-state index >= 15 is 0 Å². The number of methoxy groups -OCH3 is 1. The van der Waals surface area contributed by atoms with Crippen LogP contribution >= 0.6 is 0 Å². The second-order valence-electron chi connectivity index (χ2n) is 14.1.